The van der Waals surface area contributed by atoms with Crippen molar-refractivity contribution in [1.29, 1.82) is 0 Å². The van der Waals surface area contributed by atoms with Gasteiger partial charge < -0.3 is 19.9 Å². The molecule has 220 valence electrons. The Bertz CT molecular complexity index is 1560. The topological polar surface area (TPSA) is 80.2 Å². The van der Waals surface area contributed by atoms with Crippen LogP contribution in [0.5, 0.6) is 5.75 Å². The van der Waals surface area contributed by atoms with Crippen LogP contribution in [0.1, 0.15) is 35.6 Å². The van der Waals surface area contributed by atoms with Gasteiger partial charge >= 0.3 is 0 Å². The normalized spacial score (nSPS) is 17.5. The summed E-state index contributed by atoms with van der Waals surface area (Å²) in [6.45, 7) is 4.81. The van der Waals surface area contributed by atoms with Gasteiger partial charge in [-0.2, -0.15) is 0 Å². The highest BCUT2D eigenvalue weighted by atomic mass is 79.9. The van der Waals surface area contributed by atoms with E-state index >= 15 is 0 Å². The number of aliphatic hydroxyl groups is 1. The Morgan fingerprint density at radius 2 is 1.74 bits per heavy atom. The summed E-state index contributed by atoms with van der Waals surface area (Å²) in [5, 5.41) is 12.2. The Hall–Kier alpha value is -3.85. The molecule has 4 aromatic carbocycles. The van der Waals surface area contributed by atoms with E-state index in [4.69, 9.17) is 19.6 Å². The summed E-state index contributed by atoms with van der Waals surface area (Å²) in [7, 11) is 0. The van der Waals surface area contributed by atoms with Crippen molar-refractivity contribution >= 4 is 39.5 Å². The summed E-state index contributed by atoms with van der Waals surface area (Å²) in [6.07, 6.45) is 1.90. The fourth-order valence-electron chi connectivity index (χ4n) is 4.87. The lowest BCUT2D eigenvalue weighted by Crippen LogP contribution is -2.47. The smallest absolute Gasteiger partial charge is 0.252 e. The summed E-state index contributed by atoms with van der Waals surface area (Å²) in [4.78, 5) is 21.4. The first kappa shape index (κ1) is 30.6. The highest BCUT2D eigenvalue weighted by molar-refractivity contribution is 9.10. The Morgan fingerprint density at radius 3 is 2.47 bits per heavy atom. The van der Waals surface area contributed by atoms with Crippen molar-refractivity contribution in [1.82, 2.24) is 5.32 Å². The van der Waals surface area contributed by atoms with E-state index in [0.717, 1.165) is 31.0 Å². The number of ether oxygens (including phenoxy) is 2. The Kier molecular flexibility index (Phi) is 10.4. The number of aliphatic imine (C=N–C) groups is 1. The highest BCUT2D eigenvalue weighted by Gasteiger charge is 2.52. The molecule has 0 saturated carbocycles. The largest absolute Gasteiger partial charge is 0.494 e. The molecule has 0 bridgehead atoms. The third-order valence-corrected chi connectivity index (χ3v) is 8.70. The number of benzene rings is 4. The maximum absolute atomic E-state index is 14.2. The third-order valence-electron chi connectivity index (χ3n) is 7.04. The molecule has 6 nitrogen and oxygen atoms in total. The molecule has 0 saturated heterocycles. The average Bonchev–Trinajstić information content (AvgIpc) is 3.42. The number of halogens is 1. The number of hydrogen-bond acceptors (Lipinski definition) is 6. The quantitative estimate of drug-likeness (QED) is 0.115. The van der Waals surface area contributed by atoms with Crippen molar-refractivity contribution in [3.63, 3.8) is 0 Å². The van der Waals surface area contributed by atoms with Gasteiger partial charge in [0, 0.05) is 45.8 Å². The molecule has 1 aliphatic heterocycles. The van der Waals surface area contributed by atoms with E-state index in [1.807, 2.05) is 84.9 Å². The molecule has 5 rings (SSSR count). The van der Waals surface area contributed by atoms with Gasteiger partial charge in [-0.1, -0.05) is 82.3 Å². The maximum atomic E-state index is 14.2. The van der Waals surface area contributed by atoms with Crippen molar-refractivity contribution in [3.8, 4) is 5.75 Å². The Morgan fingerprint density at radius 1 is 1.02 bits per heavy atom. The molecule has 1 amide bonds. The van der Waals surface area contributed by atoms with Gasteiger partial charge in [-0.25, -0.2) is 4.99 Å². The molecule has 43 heavy (non-hydrogen) atoms. The minimum atomic E-state index is -1.26. The molecule has 0 radical (unpaired) electrons. The first-order valence-corrected chi connectivity index (χ1v) is 15.7. The van der Waals surface area contributed by atoms with Gasteiger partial charge in [0.15, 0.2) is 11.6 Å². The zero-order valence-corrected chi connectivity index (χ0v) is 26.0. The average molecular weight is 658 g/mol. The lowest BCUT2D eigenvalue weighted by Gasteiger charge is -2.30. The molecule has 8 heteroatoms. The molecule has 4 aromatic rings. The van der Waals surface area contributed by atoms with Crippen LogP contribution in [0.4, 0.5) is 0 Å². The van der Waals surface area contributed by atoms with Crippen LogP contribution in [0, 0.1) is 0 Å². The van der Waals surface area contributed by atoms with Gasteiger partial charge in [-0.3, -0.25) is 4.79 Å². The minimum absolute atomic E-state index is 0.0745. The van der Waals surface area contributed by atoms with E-state index in [1.165, 1.54) is 0 Å². The number of carbonyl (C=O) groups excluding carboxylic acids is 1. The van der Waals surface area contributed by atoms with Crippen LogP contribution in [0.25, 0.3) is 0 Å². The van der Waals surface area contributed by atoms with Crippen LogP contribution < -0.4 is 10.1 Å². The predicted octanol–water partition coefficient (Wildman–Crippen LogP) is 7.51. The SMILES string of the molecule is C=CC[C@@]1(C(=O)NCc2ccccc2Sc2ccccc2)N=C(c2ccc(OCCCO)cc2)O[C@@H]1c1ccc(Br)cc1. The molecule has 1 heterocycles. The van der Waals surface area contributed by atoms with Gasteiger partial charge in [0.25, 0.3) is 5.91 Å². The molecule has 2 N–H and O–H groups in total. The second-order valence-corrected chi connectivity index (χ2v) is 12.1. The number of aliphatic hydroxyl groups excluding tert-OH is 1. The Labute approximate surface area is 265 Å². The van der Waals surface area contributed by atoms with Crippen LogP contribution in [-0.4, -0.2) is 35.7 Å². The van der Waals surface area contributed by atoms with Crippen LogP contribution in [-0.2, 0) is 16.1 Å². The predicted molar refractivity (Wildman–Crippen MR) is 175 cm³/mol. The lowest BCUT2D eigenvalue weighted by molar-refractivity contribution is -0.129. The second kappa shape index (κ2) is 14.6. The molecular formula is C35H33BrN2O4S. The highest BCUT2D eigenvalue weighted by Crippen LogP contribution is 2.43. The van der Waals surface area contributed by atoms with Crippen LogP contribution in [0.3, 0.4) is 0 Å². The van der Waals surface area contributed by atoms with E-state index in [1.54, 1.807) is 17.8 Å². The van der Waals surface area contributed by atoms with E-state index < -0.39 is 11.6 Å². The molecule has 0 aliphatic carbocycles. The summed E-state index contributed by atoms with van der Waals surface area (Å²) < 4.78 is 13.1. The standard InChI is InChI=1S/C35H33BrN2O4S/c1-2-21-35(34(40)37-24-27-9-6-7-12-31(27)43-30-10-4-3-5-11-30)32(25-13-17-28(36)18-14-25)42-33(38-35)26-15-19-29(20-16-26)41-23-8-22-39/h2-7,9-20,32,39H,1,8,21-24H2,(H,37,40)/t32-,35-/m1/s1. The first-order chi connectivity index (χ1) is 21.0. The Balaban J connectivity index is 1.43. The maximum Gasteiger partial charge on any atom is 0.252 e. The number of nitrogens with zero attached hydrogens (tertiary/aromatic N) is 1. The number of carbonyl (C=O) groups is 1. The number of amides is 1. The number of rotatable bonds is 13. The molecule has 0 fully saturated rings. The van der Waals surface area contributed by atoms with E-state index in [9.17, 15) is 4.79 Å². The van der Waals surface area contributed by atoms with Crippen molar-refractivity contribution in [2.24, 2.45) is 4.99 Å². The van der Waals surface area contributed by atoms with Crippen LogP contribution in [0.15, 0.2) is 135 Å². The van der Waals surface area contributed by atoms with Crippen molar-refractivity contribution < 1.29 is 19.4 Å². The van der Waals surface area contributed by atoms with Gasteiger partial charge in [-0.05, 0) is 65.7 Å². The van der Waals surface area contributed by atoms with Crippen molar-refractivity contribution in [3.05, 3.63) is 137 Å². The van der Waals surface area contributed by atoms with E-state index in [0.29, 0.717) is 31.2 Å². The molecule has 0 spiro atoms. The molecule has 0 aromatic heterocycles. The van der Waals surface area contributed by atoms with Crippen molar-refractivity contribution in [2.45, 2.75) is 40.8 Å². The van der Waals surface area contributed by atoms with Gasteiger partial charge in [0.1, 0.15) is 5.75 Å². The fraction of sp³-hybridized carbons (Fsp3) is 0.200. The number of nitrogens with one attached hydrogen (secondary N) is 1. The molecule has 2 atom stereocenters. The molecule has 0 unspecified atom stereocenters. The summed E-state index contributed by atoms with van der Waals surface area (Å²) in [6, 6.07) is 33.4. The van der Waals surface area contributed by atoms with E-state index in [2.05, 4.69) is 46.0 Å². The first-order valence-electron chi connectivity index (χ1n) is 14.1. The number of hydrogen-bond donors (Lipinski definition) is 2. The van der Waals surface area contributed by atoms with Gasteiger partial charge in [-0.15, -0.1) is 6.58 Å². The van der Waals surface area contributed by atoms with Crippen LogP contribution >= 0.6 is 27.7 Å². The third kappa shape index (κ3) is 7.39. The molecular weight excluding hydrogens is 624 g/mol. The van der Waals surface area contributed by atoms with Gasteiger partial charge in [0.2, 0.25) is 5.90 Å². The minimum Gasteiger partial charge on any atom is -0.494 e. The zero-order valence-electron chi connectivity index (χ0n) is 23.6. The van der Waals surface area contributed by atoms with E-state index in [-0.39, 0.29) is 18.9 Å². The monoisotopic (exact) mass is 656 g/mol. The lowest BCUT2D eigenvalue weighted by atomic mass is 9.84. The zero-order chi connectivity index (χ0) is 30.1. The summed E-state index contributed by atoms with van der Waals surface area (Å²) >= 11 is 5.17. The summed E-state index contributed by atoms with van der Waals surface area (Å²) in [5.74, 6) is 0.827. The van der Waals surface area contributed by atoms with Crippen molar-refractivity contribution in [2.75, 3.05) is 13.2 Å². The van der Waals surface area contributed by atoms with Gasteiger partial charge in [0.05, 0.1) is 6.61 Å². The fourth-order valence-corrected chi connectivity index (χ4v) is 6.10. The molecule has 1 aliphatic rings. The second-order valence-electron chi connectivity index (χ2n) is 10.0. The summed E-state index contributed by atoms with van der Waals surface area (Å²) in [5.41, 5.74) is 1.32. The van der Waals surface area contributed by atoms with Crippen LogP contribution in [0.2, 0.25) is 0 Å².